The Morgan fingerprint density at radius 1 is 1.45 bits per heavy atom. The van der Waals surface area contributed by atoms with Crippen LogP contribution >= 0.6 is 0 Å². The van der Waals surface area contributed by atoms with Crippen molar-refractivity contribution in [3.05, 3.63) is 24.3 Å². The van der Waals surface area contributed by atoms with E-state index in [9.17, 15) is 4.79 Å². The van der Waals surface area contributed by atoms with E-state index in [0.717, 1.165) is 0 Å². The molecule has 4 heteroatoms. The number of aliphatic carboxylic acids is 1. The number of hydrogen-bond donors (Lipinski definition) is 3. The highest BCUT2D eigenvalue weighted by atomic mass is 16.4. The predicted molar refractivity (Wildman–Crippen MR) is 40.8 cm³/mol. The lowest BCUT2D eigenvalue weighted by Gasteiger charge is -2.20. The van der Waals surface area contributed by atoms with Gasteiger partial charge in [0.25, 0.3) is 0 Å². The molecule has 0 fully saturated rings. The maximum absolute atomic E-state index is 10.5. The van der Waals surface area contributed by atoms with Gasteiger partial charge in [-0.3, -0.25) is 0 Å². The Morgan fingerprint density at radius 2 is 1.91 bits per heavy atom. The van der Waals surface area contributed by atoms with Gasteiger partial charge in [0.2, 0.25) is 0 Å². The summed E-state index contributed by atoms with van der Waals surface area (Å²) in [6, 6.07) is -0.217. The molecular formula is C7H10N2O2. The number of rotatable bonds is 1. The summed E-state index contributed by atoms with van der Waals surface area (Å²) >= 11 is 0. The Kier molecular flexibility index (Phi) is 1.80. The number of carbonyl (C=O) groups is 1. The van der Waals surface area contributed by atoms with E-state index < -0.39 is 11.5 Å². The molecule has 0 amide bonds. The molecule has 0 aliphatic heterocycles. The molecule has 1 rings (SSSR count). The predicted octanol–water partition coefficient (Wildman–Crippen LogP) is -0.778. The quantitative estimate of drug-likeness (QED) is 0.432. The third-order valence-corrected chi connectivity index (χ3v) is 1.56. The first-order valence-corrected chi connectivity index (χ1v) is 3.21. The molecule has 0 radical (unpaired) electrons. The lowest BCUT2D eigenvalue weighted by molar-refractivity contribution is -0.139. The van der Waals surface area contributed by atoms with E-state index in [1.165, 1.54) is 12.2 Å². The van der Waals surface area contributed by atoms with Crippen LogP contribution in [-0.4, -0.2) is 22.7 Å². The van der Waals surface area contributed by atoms with E-state index in [0.29, 0.717) is 0 Å². The van der Waals surface area contributed by atoms with Gasteiger partial charge < -0.3 is 16.6 Å². The first-order valence-electron chi connectivity index (χ1n) is 3.21. The van der Waals surface area contributed by atoms with Crippen molar-refractivity contribution in [2.45, 2.75) is 11.6 Å². The molecular weight excluding hydrogens is 144 g/mol. The smallest absolute Gasteiger partial charge is 0.331 e. The molecule has 0 aromatic heterocycles. The summed E-state index contributed by atoms with van der Waals surface area (Å²) in [5.41, 5.74) is 9.50. The molecule has 11 heavy (non-hydrogen) atoms. The van der Waals surface area contributed by atoms with Crippen LogP contribution in [0.15, 0.2) is 24.3 Å². The summed E-state index contributed by atoms with van der Waals surface area (Å²) in [7, 11) is 0. The van der Waals surface area contributed by atoms with Crippen LogP contribution in [0.1, 0.15) is 0 Å². The van der Waals surface area contributed by atoms with Crippen LogP contribution < -0.4 is 11.5 Å². The average Bonchev–Trinajstić information content (AvgIpc) is 1.95. The zero-order valence-corrected chi connectivity index (χ0v) is 5.90. The van der Waals surface area contributed by atoms with Crippen LogP contribution in [0.4, 0.5) is 0 Å². The van der Waals surface area contributed by atoms with Crippen LogP contribution in [-0.2, 0) is 4.79 Å². The van der Waals surface area contributed by atoms with Crippen molar-refractivity contribution in [2.75, 3.05) is 0 Å². The Morgan fingerprint density at radius 3 is 2.27 bits per heavy atom. The van der Waals surface area contributed by atoms with Gasteiger partial charge in [-0.2, -0.15) is 0 Å². The lowest BCUT2D eigenvalue weighted by Crippen LogP contribution is -2.46. The molecule has 1 aliphatic rings. The third-order valence-electron chi connectivity index (χ3n) is 1.56. The summed E-state index contributed by atoms with van der Waals surface area (Å²) in [4.78, 5) is 10.5. The van der Waals surface area contributed by atoms with Gasteiger partial charge in [-0.05, 0) is 0 Å². The highest BCUT2D eigenvalue weighted by molar-refractivity contribution is 5.84. The van der Waals surface area contributed by atoms with Crippen molar-refractivity contribution in [1.29, 1.82) is 0 Å². The van der Waals surface area contributed by atoms with Crippen LogP contribution in [0.3, 0.4) is 0 Å². The third kappa shape index (κ3) is 1.47. The fraction of sp³-hybridized carbons (Fsp3) is 0.286. The van der Waals surface area contributed by atoms with Gasteiger partial charge in [-0.1, -0.05) is 24.3 Å². The highest BCUT2D eigenvalue weighted by Crippen LogP contribution is 2.11. The fourth-order valence-electron chi connectivity index (χ4n) is 0.803. The standard InChI is InChI=1S/C7H10N2O2/c8-5-1-3-7(9,4-2-5)6(10)11/h1-5H,8-9H2,(H,10,11). The number of hydrogen-bond acceptors (Lipinski definition) is 3. The summed E-state index contributed by atoms with van der Waals surface area (Å²) in [6.45, 7) is 0. The topological polar surface area (TPSA) is 89.3 Å². The van der Waals surface area contributed by atoms with Gasteiger partial charge in [-0.25, -0.2) is 4.79 Å². The molecule has 0 unspecified atom stereocenters. The summed E-state index contributed by atoms with van der Waals surface area (Å²) in [5, 5.41) is 8.62. The number of carboxylic acid groups (broad SMARTS) is 1. The minimum absolute atomic E-state index is 0.217. The Bertz CT molecular complexity index is 219. The van der Waals surface area contributed by atoms with Crippen LogP contribution in [0.5, 0.6) is 0 Å². The molecule has 0 heterocycles. The maximum atomic E-state index is 10.5. The van der Waals surface area contributed by atoms with Crippen molar-refractivity contribution >= 4 is 5.97 Å². The second-order valence-electron chi connectivity index (χ2n) is 2.53. The van der Waals surface area contributed by atoms with E-state index in [2.05, 4.69) is 0 Å². The molecule has 0 aromatic rings. The van der Waals surface area contributed by atoms with Crippen molar-refractivity contribution in [2.24, 2.45) is 11.5 Å². The molecule has 4 nitrogen and oxygen atoms in total. The Labute approximate surface area is 64.2 Å². The maximum Gasteiger partial charge on any atom is 0.331 e. The highest BCUT2D eigenvalue weighted by Gasteiger charge is 2.29. The largest absolute Gasteiger partial charge is 0.479 e. The zero-order valence-electron chi connectivity index (χ0n) is 5.90. The number of carboxylic acids is 1. The second-order valence-corrected chi connectivity index (χ2v) is 2.53. The Hall–Kier alpha value is -1.13. The van der Waals surface area contributed by atoms with Gasteiger partial charge in [0.15, 0.2) is 5.54 Å². The van der Waals surface area contributed by atoms with Crippen molar-refractivity contribution in [3.8, 4) is 0 Å². The lowest BCUT2D eigenvalue weighted by atomic mass is 9.94. The van der Waals surface area contributed by atoms with Gasteiger partial charge in [0, 0.05) is 6.04 Å². The van der Waals surface area contributed by atoms with Gasteiger partial charge >= 0.3 is 5.97 Å². The van der Waals surface area contributed by atoms with Crippen molar-refractivity contribution in [1.82, 2.24) is 0 Å². The minimum atomic E-state index is -1.37. The summed E-state index contributed by atoms with van der Waals surface area (Å²) < 4.78 is 0. The van der Waals surface area contributed by atoms with Gasteiger partial charge in [-0.15, -0.1) is 0 Å². The zero-order chi connectivity index (χ0) is 8.48. The normalized spacial score (nSPS) is 35.6. The molecule has 60 valence electrons. The molecule has 5 N–H and O–H groups in total. The SMILES string of the molecule is NC1C=CC(N)(C(=O)O)C=C1. The first-order chi connectivity index (χ1) is 5.04. The fourth-order valence-corrected chi connectivity index (χ4v) is 0.803. The summed E-state index contributed by atoms with van der Waals surface area (Å²) in [5.74, 6) is -1.07. The van der Waals surface area contributed by atoms with E-state index in [1.807, 2.05) is 0 Å². The molecule has 0 saturated heterocycles. The van der Waals surface area contributed by atoms with Crippen LogP contribution in [0.25, 0.3) is 0 Å². The van der Waals surface area contributed by atoms with Gasteiger partial charge in [0.1, 0.15) is 0 Å². The average molecular weight is 154 g/mol. The summed E-state index contributed by atoms with van der Waals surface area (Å²) in [6.07, 6.45) is 5.90. The molecule has 1 aliphatic carbocycles. The van der Waals surface area contributed by atoms with Crippen LogP contribution in [0.2, 0.25) is 0 Å². The van der Waals surface area contributed by atoms with E-state index in [4.69, 9.17) is 16.6 Å². The monoisotopic (exact) mass is 154 g/mol. The van der Waals surface area contributed by atoms with E-state index >= 15 is 0 Å². The molecule has 0 atom stereocenters. The van der Waals surface area contributed by atoms with E-state index in [-0.39, 0.29) is 6.04 Å². The Balaban J connectivity index is 2.85. The molecule has 0 bridgehead atoms. The van der Waals surface area contributed by atoms with Crippen molar-refractivity contribution < 1.29 is 9.90 Å². The molecule has 0 spiro atoms. The van der Waals surface area contributed by atoms with Gasteiger partial charge in [0.05, 0.1) is 0 Å². The van der Waals surface area contributed by atoms with E-state index in [1.54, 1.807) is 12.2 Å². The van der Waals surface area contributed by atoms with Crippen molar-refractivity contribution in [3.63, 3.8) is 0 Å². The minimum Gasteiger partial charge on any atom is -0.479 e. The molecule has 0 saturated carbocycles. The first kappa shape index (κ1) is 7.97. The second kappa shape index (κ2) is 2.48. The number of nitrogens with two attached hydrogens (primary N) is 2. The molecule has 0 aromatic carbocycles. The van der Waals surface area contributed by atoms with Crippen LogP contribution in [0, 0.1) is 0 Å².